The smallest absolute Gasteiger partial charge is 0.306 e. The number of esters is 2. The highest BCUT2D eigenvalue weighted by Gasteiger charge is 2.22. The van der Waals surface area contributed by atoms with Crippen LogP contribution in [0.15, 0.2) is 109 Å². The second kappa shape index (κ2) is 68.0. The number of carbonyl (C=O) groups excluding carboxylic acids is 2. The minimum Gasteiger partial charge on any atom is -0.756 e. The first kappa shape index (κ1) is 84.7. The number of ether oxygens (including phenoxy) is 2. The number of hydrogen-bond donors (Lipinski definition) is 0. The van der Waals surface area contributed by atoms with Crippen LogP contribution in [0, 0.1) is 0 Å². The van der Waals surface area contributed by atoms with Gasteiger partial charge in [0.25, 0.3) is 7.82 Å². The number of hydrogen-bond acceptors (Lipinski definition) is 8. The van der Waals surface area contributed by atoms with Crippen molar-refractivity contribution in [3.05, 3.63) is 109 Å². The summed E-state index contributed by atoms with van der Waals surface area (Å²) in [5, 5.41) is 0. The number of unbranched alkanes of at least 4 members (excludes halogenated alkanes) is 35. The topological polar surface area (TPSA) is 111 Å². The lowest BCUT2D eigenvalue weighted by molar-refractivity contribution is -0.870. The van der Waals surface area contributed by atoms with E-state index in [1.807, 2.05) is 21.1 Å². The van der Waals surface area contributed by atoms with Crippen LogP contribution in [0.3, 0.4) is 0 Å². The van der Waals surface area contributed by atoms with Crippen LogP contribution in [0.2, 0.25) is 0 Å². The highest BCUT2D eigenvalue weighted by atomic mass is 31.2. The van der Waals surface area contributed by atoms with Gasteiger partial charge in [0.1, 0.15) is 19.8 Å². The molecule has 0 aliphatic heterocycles. The first-order chi connectivity index (χ1) is 43.0. The van der Waals surface area contributed by atoms with Crippen LogP contribution in [0.25, 0.3) is 0 Å². The molecular formula is C78H138NO8P. The zero-order valence-corrected chi connectivity index (χ0v) is 58.8. The molecule has 0 rings (SSSR count). The summed E-state index contributed by atoms with van der Waals surface area (Å²) in [6, 6.07) is 0. The molecule has 0 aliphatic rings. The fraction of sp³-hybridized carbons (Fsp3) is 0.744. The highest BCUT2D eigenvalue weighted by Crippen LogP contribution is 2.38. The Hall–Kier alpha value is -3.33. The number of nitrogens with zero attached hydrogens (tertiary/aromatic N) is 1. The maximum absolute atomic E-state index is 12.9. The lowest BCUT2D eigenvalue weighted by Crippen LogP contribution is -2.37. The molecule has 0 aromatic carbocycles. The van der Waals surface area contributed by atoms with Crippen molar-refractivity contribution in [3.63, 3.8) is 0 Å². The first-order valence-corrected chi connectivity index (χ1v) is 38.1. The summed E-state index contributed by atoms with van der Waals surface area (Å²) in [4.78, 5) is 38.1. The Morgan fingerprint density at radius 2 is 0.648 bits per heavy atom. The quantitative estimate of drug-likeness (QED) is 0.0195. The van der Waals surface area contributed by atoms with E-state index in [0.29, 0.717) is 17.4 Å². The summed E-state index contributed by atoms with van der Waals surface area (Å²) in [6.07, 6.45) is 96.0. The minimum absolute atomic E-state index is 0.0337. The highest BCUT2D eigenvalue weighted by molar-refractivity contribution is 7.45. The van der Waals surface area contributed by atoms with E-state index in [-0.39, 0.29) is 32.0 Å². The van der Waals surface area contributed by atoms with Crippen molar-refractivity contribution < 1.29 is 42.1 Å². The number of phosphoric acid groups is 1. The Balaban J connectivity index is 4.03. The fourth-order valence-corrected chi connectivity index (χ4v) is 10.9. The standard InChI is InChI=1S/C78H138NO8P/c1-6-8-10-12-14-16-18-20-22-24-26-28-30-32-34-36-38-39-41-43-45-47-49-51-53-55-57-59-61-63-65-67-69-71-78(81)87-76(75-86-88(82,83)85-73-72-79(3,4)5)74-84-77(80)70-68-66-64-62-60-58-56-54-52-50-48-46-44-42-40-37-35-33-31-29-27-25-23-21-19-17-15-13-11-9-7-2/h8,10,14,16,19-22,25-28,31-34,38-39,76H,6-7,9,11-13,15,17-18,23-24,29-30,35-37,40-75H2,1-5H3/b10-8-,16-14-,21-19-,22-20-,27-25-,28-26-,33-31-,34-32-,39-38-. The lowest BCUT2D eigenvalue weighted by Gasteiger charge is -2.28. The summed E-state index contributed by atoms with van der Waals surface area (Å²) in [7, 11) is 1.17. The van der Waals surface area contributed by atoms with Crippen LogP contribution in [-0.2, 0) is 32.7 Å². The molecule has 0 spiro atoms. The van der Waals surface area contributed by atoms with E-state index >= 15 is 0 Å². The van der Waals surface area contributed by atoms with Gasteiger partial charge in [0.2, 0.25) is 0 Å². The molecule has 88 heavy (non-hydrogen) atoms. The van der Waals surface area contributed by atoms with E-state index < -0.39 is 26.5 Å². The summed E-state index contributed by atoms with van der Waals surface area (Å²) >= 11 is 0. The Labute approximate surface area is 544 Å². The number of phosphoric ester groups is 1. The predicted octanol–water partition coefficient (Wildman–Crippen LogP) is 23.4. The molecule has 0 N–H and O–H groups in total. The molecule has 0 aliphatic carbocycles. The molecular weight excluding hydrogens is 1110 g/mol. The summed E-state index contributed by atoms with van der Waals surface area (Å²) in [5.41, 5.74) is 0. The van der Waals surface area contributed by atoms with Gasteiger partial charge in [-0.1, -0.05) is 316 Å². The SMILES string of the molecule is CC/C=C\C/C=C\C/C=C\C/C=C\C/C=C\C/C=C\CCCCCCCCCCCCCCCCC(=O)OC(COC(=O)CCCCCCCCCCCCCCCCCC/C=C\C/C=C\C/C=C\CCCCCCC)COP(=O)([O-])OCC[N+](C)(C)C. The average Bonchev–Trinajstić information content (AvgIpc) is 3.56. The number of likely N-dealkylation sites (N-methyl/N-ethyl adjacent to an activating group) is 1. The fourth-order valence-electron chi connectivity index (χ4n) is 10.2. The third-order valence-corrected chi connectivity index (χ3v) is 16.7. The van der Waals surface area contributed by atoms with Crippen molar-refractivity contribution in [1.82, 2.24) is 0 Å². The molecule has 10 heteroatoms. The normalized spacial score (nSPS) is 13.8. The molecule has 9 nitrogen and oxygen atoms in total. The van der Waals surface area contributed by atoms with E-state index in [2.05, 4.69) is 123 Å². The van der Waals surface area contributed by atoms with Crippen molar-refractivity contribution in [2.24, 2.45) is 0 Å². The Kier molecular flexibility index (Phi) is 65.5. The monoisotopic (exact) mass is 1250 g/mol. The maximum Gasteiger partial charge on any atom is 0.306 e. The molecule has 0 aromatic heterocycles. The van der Waals surface area contributed by atoms with Crippen molar-refractivity contribution in [1.29, 1.82) is 0 Å². The van der Waals surface area contributed by atoms with Gasteiger partial charge in [0.05, 0.1) is 27.7 Å². The average molecular weight is 1250 g/mol. The van der Waals surface area contributed by atoms with Gasteiger partial charge < -0.3 is 27.9 Å². The molecule has 0 aromatic rings. The third-order valence-electron chi connectivity index (χ3n) is 15.8. The molecule has 2 unspecified atom stereocenters. The molecule has 0 heterocycles. The second-order valence-electron chi connectivity index (χ2n) is 25.6. The third kappa shape index (κ3) is 71.7. The van der Waals surface area contributed by atoms with Gasteiger partial charge in [-0.15, -0.1) is 0 Å². The number of carbonyl (C=O) groups is 2. The van der Waals surface area contributed by atoms with Crippen LogP contribution in [0.5, 0.6) is 0 Å². The molecule has 2 atom stereocenters. The van der Waals surface area contributed by atoms with Gasteiger partial charge >= 0.3 is 11.9 Å². The van der Waals surface area contributed by atoms with Gasteiger partial charge in [-0.2, -0.15) is 0 Å². The van der Waals surface area contributed by atoms with E-state index in [0.717, 1.165) is 89.9 Å². The Bertz CT molecular complexity index is 1850. The zero-order chi connectivity index (χ0) is 64.1. The van der Waals surface area contributed by atoms with Crippen LogP contribution in [0.1, 0.15) is 322 Å². The Morgan fingerprint density at radius 3 is 0.966 bits per heavy atom. The number of rotatable bonds is 67. The summed E-state index contributed by atoms with van der Waals surface area (Å²) in [6.45, 7) is 4.14. The molecule has 0 bridgehead atoms. The van der Waals surface area contributed by atoms with Crippen molar-refractivity contribution in [3.8, 4) is 0 Å². The van der Waals surface area contributed by atoms with Crippen LogP contribution in [0.4, 0.5) is 0 Å². The molecule has 0 radical (unpaired) electrons. The van der Waals surface area contributed by atoms with Crippen molar-refractivity contribution >= 4 is 19.8 Å². The second-order valence-corrected chi connectivity index (χ2v) is 27.0. The van der Waals surface area contributed by atoms with Crippen molar-refractivity contribution in [2.45, 2.75) is 328 Å². The van der Waals surface area contributed by atoms with E-state index in [4.69, 9.17) is 18.5 Å². The van der Waals surface area contributed by atoms with E-state index in [1.54, 1.807) is 0 Å². The van der Waals surface area contributed by atoms with Gasteiger partial charge in [0, 0.05) is 12.8 Å². The lowest BCUT2D eigenvalue weighted by atomic mass is 10.0. The van der Waals surface area contributed by atoms with Crippen LogP contribution in [-0.4, -0.2) is 70.0 Å². The molecule has 0 amide bonds. The Morgan fingerprint density at radius 1 is 0.364 bits per heavy atom. The number of allylic oxidation sites excluding steroid dienone is 18. The van der Waals surface area contributed by atoms with Crippen LogP contribution >= 0.6 is 7.82 Å². The predicted molar refractivity (Wildman–Crippen MR) is 378 cm³/mol. The zero-order valence-electron chi connectivity index (χ0n) is 57.9. The van der Waals surface area contributed by atoms with Gasteiger partial charge in [-0.25, -0.2) is 0 Å². The van der Waals surface area contributed by atoms with E-state index in [1.165, 1.54) is 199 Å². The van der Waals surface area contributed by atoms with E-state index in [9.17, 15) is 19.0 Å². The molecule has 0 saturated heterocycles. The summed E-state index contributed by atoms with van der Waals surface area (Å²) in [5.74, 6) is -0.827. The van der Waals surface area contributed by atoms with Gasteiger partial charge in [-0.3, -0.25) is 14.2 Å². The van der Waals surface area contributed by atoms with Gasteiger partial charge in [0.15, 0.2) is 6.10 Å². The van der Waals surface area contributed by atoms with Crippen LogP contribution < -0.4 is 4.89 Å². The maximum atomic E-state index is 12.9. The molecule has 0 saturated carbocycles. The first-order valence-electron chi connectivity index (χ1n) is 36.6. The minimum atomic E-state index is -4.65. The number of quaternary nitrogens is 1. The molecule has 0 fully saturated rings. The summed E-state index contributed by atoms with van der Waals surface area (Å²) < 4.78 is 34.4. The van der Waals surface area contributed by atoms with Gasteiger partial charge in [-0.05, 0) is 103 Å². The molecule has 508 valence electrons. The largest absolute Gasteiger partial charge is 0.756 e. The van der Waals surface area contributed by atoms with Crippen molar-refractivity contribution in [2.75, 3.05) is 47.5 Å².